The minimum Gasteiger partial charge on any atom is -0.130 e. The summed E-state index contributed by atoms with van der Waals surface area (Å²) in [6.45, 7) is 28.5. The lowest BCUT2D eigenvalue weighted by atomic mass is 9.76. The molecule has 2 aromatic rings. The first kappa shape index (κ1) is 33.6. The minimum absolute atomic E-state index is 0.168. The van der Waals surface area contributed by atoms with Crippen LogP contribution in [0, 0.1) is 0 Å². The standard InChI is InChI=1S/C42H58S/c1-27(2)33-23-35(29(5)6)39(36(24-33)30(7)8)41(19-15-13-16-20-41)43-42(21-17-14-18-22-42)40-37(31(9)10)25-34(28(3)4)26-38(40)32(11)12/h13-19,21,23-32H,20,22H2,1-12H3. The molecule has 4 rings (SSSR count). The third kappa shape index (κ3) is 6.73. The predicted octanol–water partition coefficient (Wildman–Crippen LogP) is 13.3. The number of allylic oxidation sites excluding steroid dienone is 6. The van der Waals surface area contributed by atoms with Crippen molar-refractivity contribution < 1.29 is 0 Å². The van der Waals surface area contributed by atoms with Gasteiger partial charge in [-0.2, -0.15) is 0 Å². The lowest BCUT2D eigenvalue weighted by Crippen LogP contribution is -2.34. The van der Waals surface area contributed by atoms with Crippen LogP contribution in [0.2, 0.25) is 0 Å². The molecule has 0 aliphatic heterocycles. The van der Waals surface area contributed by atoms with Crippen LogP contribution in [0.25, 0.3) is 0 Å². The van der Waals surface area contributed by atoms with E-state index < -0.39 is 0 Å². The van der Waals surface area contributed by atoms with Gasteiger partial charge >= 0.3 is 0 Å². The smallest absolute Gasteiger partial charge is 0.0643 e. The lowest BCUT2D eigenvalue weighted by Gasteiger charge is -2.46. The Morgan fingerprint density at radius 2 is 0.744 bits per heavy atom. The summed E-state index contributed by atoms with van der Waals surface area (Å²) < 4.78 is -0.337. The summed E-state index contributed by atoms with van der Waals surface area (Å²) in [6.07, 6.45) is 21.1. The summed E-state index contributed by atoms with van der Waals surface area (Å²) in [4.78, 5) is 0. The maximum absolute atomic E-state index is 2.56. The first-order valence-corrected chi connectivity index (χ1v) is 17.8. The number of rotatable bonds is 10. The molecule has 2 atom stereocenters. The maximum Gasteiger partial charge on any atom is 0.0643 e. The Hall–Kier alpha value is -2.25. The van der Waals surface area contributed by atoms with E-state index in [0.717, 1.165) is 12.8 Å². The van der Waals surface area contributed by atoms with Gasteiger partial charge in [-0.05, 0) is 92.9 Å². The van der Waals surface area contributed by atoms with Crippen LogP contribution in [0.4, 0.5) is 0 Å². The van der Waals surface area contributed by atoms with Gasteiger partial charge in [-0.15, -0.1) is 11.8 Å². The van der Waals surface area contributed by atoms with Gasteiger partial charge in [0.15, 0.2) is 0 Å². The summed E-state index contributed by atoms with van der Waals surface area (Å²) in [6, 6.07) is 10.2. The van der Waals surface area contributed by atoms with Crippen LogP contribution in [-0.4, -0.2) is 0 Å². The Labute approximate surface area is 269 Å². The Kier molecular flexibility index (Phi) is 10.5. The highest BCUT2D eigenvalue weighted by molar-refractivity contribution is 8.01. The molecular formula is C42H58S. The molecule has 232 valence electrons. The molecule has 0 N–H and O–H groups in total. The van der Waals surface area contributed by atoms with Crippen LogP contribution < -0.4 is 0 Å². The van der Waals surface area contributed by atoms with E-state index in [9.17, 15) is 0 Å². The zero-order chi connectivity index (χ0) is 31.7. The highest BCUT2D eigenvalue weighted by Crippen LogP contribution is 2.60. The Morgan fingerprint density at radius 3 is 0.953 bits per heavy atom. The van der Waals surface area contributed by atoms with E-state index >= 15 is 0 Å². The number of benzene rings is 2. The molecule has 0 saturated heterocycles. The van der Waals surface area contributed by atoms with Crippen molar-refractivity contribution in [3.63, 3.8) is 0 Å². The fourth-order valence-corrected chi connectivity index (χ4v) is 9.02. The van der Waals surface area contributed by atoms with E-state index in [1.807, 2.05) is 0 Å². The first-order chi connectivity index (χ1) is 20.2. The summed E-state index contributed by atoms with van der Waals surface area (Å²) in [5.41, 5.74) is 12.2. The largest absolute Gasteiger partial charge is 0.130 e. The van der Waals surface area contributed by atoms with Crippen molar-refractivity contribution in [2.75, 3.05) is 0 Å². The van der Waals surface area contributed by atoms with Crippen molar-refractivity contribution in [3.05, 3.63) is 117 Å². The average molecular weight is 595 g/mol. The number of hydrogen-bond acceptors (Lipinski definition) is 1. The van der Waals surface area contributed by atoms with E-state index in [1.165, 1.54) is 33.4 Å². The van der Waals surface area contributed by atoms with Crippen LogP contribution in [0.1, 0.15) is 176 Å². The monoisotopic (exact) mass is 594 g/mol. The molecule has 2 unspecified atom stereocenters. The zero-order valence-electron chi connectivity index (χ0n) is 29.2. The predicted molar refractivity (Wildman–Crippen MR) is 194 cm³/mol. The van der Waals surface area contributed by atoms with Crippen molar-refractivity contribution in [2.45, 2.75) is 141 Å². The van der Waals surface area contributed by atoms with E-state index in [2.05, 4.69) is 168 Å². The topological polar surface area (TPSA) is 0 Å². The Morgan fingerprint density at radius 1 is 0.442 bits per heavy atom. The normalized spacial score (nSPS) is 22.0. The van der Waals surface area contributed by atoms with E-state index in [1.54, 1.807) is 11.1 Å². The van der Waals surface area contributed by atoms with Gasteiger partial charge in [0, 0.05) is 0 Å². The van der Waals surface area contributed by atoms with Gasteiger partial charge in [-0.3, -0.25) is 0 Å². The third-order valence-electron chi connectivity index (χ3n) is 9.54. The van der Waals surface area contributed by atoms with Gasteiger partial charge < -0.3 is 0 Å². The summed E-state index contributed by atoms with van der Waals surface area (Å²) in [5.74, 6) is 2.81. The van der Waals surface area contributed by atoms with Gasteiger partial charge in [0.05, 0.1) is 9.49 Å². The molecule has 0 aromatic heterocycles. The summed E-state index contributed by atoms with van der Waals surface area (Å²) in [5, 5.41) is 0. The molecule has 0 nitrogen and oxygen atoms in total. The van der Waals surface area contributed by atoms with Crippen LogP contribution in [0.5, 0.6) is 0 Å². The van der Waals surface area contributed by atoms with Crippen molar-refractivity contribution >= 4 is 11.8 Å². The van der Waals surface area contributed by atoms with Crippen LogP contribution in [-0.2, 0) is 9.49 Å². The third-order valence-corrected chi connectivity index (χ3v) is 11.3. The van der Waals surface area contributed by atoms with Gasteiger partial charge in [-0.25, -0.2) is 0 Å². The van der Waals surface area contributed by atoms with Crippen molar-refractivity contribution in [3.8, 4) is 0 Å². The number of hydrogen-bond donors (Lipinski definition) is 0. The lowest BCUT2D eigenvalue weighted by molar-refractivity contribution is 0.663. The quantitative estimate of drug-likeness (QED) is 0.264. The number of thioether (sulfide) groups is 1. The van der Waals surface area contributed by atoms with E-state index in [-0.39, 0.29) is 9.49 Å². The second kappa shape index (κ2) is 13.4. The summed E-state index contributed by atoms with van der Waals surface area (Å²) in [7, 11) is 0. The van der Waals surface area contributed by atoms with Gasteiger partial charge in [0.2, 0.25) is 0 Å². The molecule has 1 heteroatoms. The SMILES string of the molecule is CC(C)c1cc(C(C)C)c(C2(SC3(c4c(C(C)C)cc(C(C)C)cc4C(C)C)C=CC=CC3)C=CC=CC2)c(C(C)C)c1. The molecule has 0 amide bonds. The molecule has 43 heavy (non-hydrogen) atoms. The average Bonchev–Trinajstić information content (AvgIpc) is 2.96. The van der Waals surface area contributed by atoms with Crippen LogP contribution in [0.3, 0.4) is 0 Å². The molecule has 2 aliphatic carbocycles. The van der Waals surface area contributed by atoms with Crippen molar-refractivity contribution in [1.29, 1.82) is 0 Å². The van der Waals surface area contributed by atoms with E-state index in [4.69, 9.17) is 0 Å². The minimum atomic E-state index is -0.168. The van der Waals surface area contributed by atoms with Gasteiger partial charge in [0.1, 0.15) is 0 Å². The molecule has 0 bridgehead atoms. The van der Waals surface area contributed by atoms with Gasteiger partial charge in [-0.1, -0.05) is 156 Å². The fourth-order valence-electron chi connectivity index (χ4n) is 7.04. The zero-order valence-corrected chi connectivity index (χ0v) is 30.0. The molecule has 2 aromatic carbocycles. The molecule has 0 heterocycles. The highest BCUT2D eigenvalue weighted by Gasteiger charge is 2.46. The molecule has 0 radical (unpaired) electrons. The van der Waals surface area contributed by atoms with Crippen LogP contribution >= 0.6 is 11.8 Å². The second-order valence-corrected chi connectivity index (χ2v) is 16.6. The summed E-state index contributed by atoms with van der Waals surface area (Å²) >= 11 is 2.22. The molecule has 0 fully saturated rings. The van der Waals surface area contributed by atoms with Crippen molar-refractivity contribution in [1.82, 2.24) is 0 Å². The molecule has 0 saturated carbocycles. The first-order valence-electron chi connectivity index (χ1n) is 17.0. The van der Waals surface area contributed by atoms with Gasteiger partial charge in [0.25, 0.3) is 0 Å². The molecule has 2 aliphatic rings. The Bertz CT molecular complexity index is 1240. The molecular weight excluding hydrogens is 537 g/mol. The highest BCUT2D eigenvalue weighted by atomic mass is 32.2. The fraction of sp³-hybridized carbons (Fsp3) is 0.524. The maximum atomic E-state index is 2.56. The Balaban J connectivity index is 2.09. The van der Waals surface area contributed by atoms with Crippen molar-refractivity contribution in [2.24, 2.45) is 0 Å². The molecule has 0 spiro atoms. The second-order valence-electron chi connectivity index (χ2n) is 14.9. The van der Waals surface area contributed by atoms with E-state index in [0.29, 0.717) is 35.5 Å². The van der Waals surface area contributed by atoms with Crippen LogP contribution in [0.15, 0.2) is 72.9 Å².